The molecule has 0 radical (unpaired) electrons. The van der Waals surface area contributed by atoms with Crippen molar-refractivity contribution in [2.24, 2.45) is 0 Å². The predicted molar refractivity (Wildman–Crippen MR) is 74.7 cm³/mol. The minimum Gasteiger partial charge on any atom is -0.387 e. The van der Waals surface area contributed by atoms with Gasteiger partial charge in [0, 0.05) is 11.3 Å². The van der Waals surface area contributed by atoms with Gasteiger partial charge in [0.1, 0.15) is 0 Å². The van der Waals surface area contributed by atoms with Crippen LogP contribution in [0, 0.1) is 0 Å². The highest BCUT2D eigenvalue weighted by Gasteiger charge is 2.19. The molecule has 6 heteroatoms. The van der Waals surface area contributed by atoms with Gasteiger partial charge in [-0.25, -0.2) is 0 Å². The number of aromatic nitrogens is 2. The fraction of sp³-hybridized carbons (Fsp3) is 0.455. The number of nitrogens with zero attached hydrogens (tertiary/aromatic N) is 2. The Balaban J connectivity index is 2.14. The van der Waals surface area contributed by atoms with Crippen molar-refractivity contribution in [3.8, 4) is 0 Å². The zero-order chi connectivity index (χ0) is 12.4. The van der Waals surface area contributed by atoms with E-state index in [1.165, 1.54) is 11.5 Å². The molecule has 1 atom stereocenters. The smallest absolute Gasteiger partial charge is 0.0965 e. The maximum Gasteiger partial charge on any atom is 0.0965 e. The monoisotopic (exact) mass is 332 g/mol. The molecule has 0 aliphatic carbocycles. The quantitative estimate of drug-likeness (QED) is 0.927. The molecule has 1 N–H and O–H groups in total. The topological polar surface area (TPSA) is 46.0 Å². The van der Waals surface area contributed by atoms with E-state index in [9.17, 15) is 5.11 Å². The van der Waals surface area contributed by atoms with E-state index in [4.69, 9.17) is 0 Å². The summed E-state index contributed by atoms with van der Waals surface area (Å²) < 4.78 is 5.03. The third-order valence-electron chi connectivity index (χ3n) is 2.41. The summed E-state index contributed by atoms with van der Waals surface area (Å²) in [6, 6.07) is 4.03. The summed E-state index contributed by atoms with van der Waals surface area (Å²) >= 11 is 6.37. The van der Waals surface area contributed by atoms with Crippen molar-refractivity contribution in [2.75, 3.05) is 0 Å². The fourth-order valence-corrected chi connectivity index (χ4v) is 3.89. The second-order valence-electron chi connectivity index (χ2n) is 4.10. The van der Waals surface area contributed by atoms with Gasteiger partial charge in [-0.15, -0.1) is 16.4 Å². The Morgan fingerprint density at radius 2 is 2.18 bits per heavy atom. The molecule has 0 amide bonds. The molecule has 0 saturated carbocycles. The van der Waals surface area contributed by atoms with Crippen molar-refractivity contribution < 1.29 is 5.11 Å². The number of thiophene rings is 1. The van der Waals surface area contributed by atoms with Gasteiger partial charge in [-0.05, 0) is 45.5 Å². The first-order valence-electron chi connectivity index (χ1n) is 5.32. The summed E-state index contributed by atoms with van der Waals surface area (Å²) in [6.07, 6.45) is 0.123. The number of halogens is 1. The first kappa shape index (κ1) is 13.1. The van der Waals surface area contributed by atoms with Gasteiger partial charge in [0.25, 0.3) is 0 Å². The maximum atomic E-state index is 10.2. The summed E-state index contributed by atoms with van der Waals surface area (Å²) in [7, 11) is 0. The molecule has 17 heavy (non-hydrogen) atoms. The fourth-order valence-electron chi connectivity index (χ4n) is 1.58. The molecule has 2 aromatic rings. The van der Waals surface area contributed by atoms with Crippen LogP contribution in [-0.4, -0.2) is 14.7 Å². The molecule has 0 aromatic carbocycles. The summed E-state index contributed by atoms with van der Waals surface area (Å²) in [5.41, 5.74) is 0.915. The Morgan fingerprint density at radius 1 is 1.41 bits per heavy atom. The van der Waals surface area contributed by atoms with Crippen molar-refractivity contribution in [1.82, 2.24) is 9.59 Å². The number of hydrogen-bond donors (Lipinski definition) is 1. The van der Waals surface area contributed by atoms with Gasteiger partial charge in [0.15, 0.2) is 0 Å². The van der Waals surface area contributed by atoms with Crippen LogP contribution < -0.4 is 0 Å². The lowest BCUT2D eigenvalue weighted by Gasteiger charge is -2.09. The minimum atomic E-state index is -0.502. The first-order chi connectivity index (χ1) is 8.08. The number of hydrogen-bond acceptors (Lipinski definition) is 5. The third kappa shape index (κ3) is 3.13. The third-order valence-corrected chi connectivity index (χ3v) is 4.90. The largest absolute Gasteiger partial charge is 0.387 e. The molecular weight excluding hydrogens is 320 g/mol. The Labute approximate surface area is 117 Å². The lowest BCUT2D eigenvalue weighted by molar-refractivity contribution is 0.181. The summed E-state index contributed by atoms with van der Waals surface area (Å²) in [6.45, 7) is 4.13. The first-order valence-corrected chi connectivity index (χ1v) is 7.70. The van der Waals surface area contributed by atoms with Gasteiger partial charge < -0.3 is 5.11 Å². The molecule has 0 saturated heterocycles. The Hall–Kier alpha value is -0.300. The molecule has 3 nitrogen and oxygen atoms in total. The van der Waals surface area contributed by atoms with Gasteiger partial charge in [0.2, 0.25) is 0 Å². The molecule has 1 unspecified atom stereocenters. The molecule has 2 heterocycles. The highest BCUT2D eigenvalue weighted by Crippen LogP contribution is 2.31. The lowest BCUT2D eigenvalue weighted by atomic mass is 10.1. The molecular formula is C11H13BrN2OS2. The van der Waals surface area contributed by atoms with Crippen LogP contribution in [0.4, 0.5) is 0 Å². The summed E-state index contributed by atoms with van der Waals surface area (Å²) in [4.78, 5) is 2.05. The van der Waals surface area contributed by atoms with Crippen molar-refractivity contribution in [2.45, 2.75) is 32.3 Å². The van der Waals surface area contributed by atoms with Crippen molar-refractivity contribution >= 4 is 38.8 Å². The van der Waals surface area contributed by atoms with Gasteiger partial charge in [0.05, 0.1) is 20.5 Å². The molecule has 0 aliphatic rings. The van der Waals surface area contributed by atoms with E-state index in [0.717, 1.165) is 19.2 Å². The van der Waals surface area contributed by atoms with Crippen molar-refractivity contribution in [3.05, 3.63) is 31.4 Å². The van der Waals surface area contributed by atoms with E-state index in [0.29, 0.717) is 12.3 Å². The minimum absolute atomic E-state index is 0.300. The van der Waals surface area contributed by atoms with Crippen molar-refractivity contribution in [1.29, 1.82) is 0 Å². The number of aliphatic hydroxyl groups is 1. The molecule has 0 aliphatic heterocycles. The average molecular weight is 333 g/mol. The molecule has 2 aromatic heterocycles. The molecule has 0 bridgehead atoms. The van der Waals surface area contributed by atoms with Crippen LogP contribution in [0.5, 0.6) is 0 Å². The van der Waals surface area contributed by atoms with Crippen molar-refractivity contribution in [3.63, 3.8) is 0 Å². The summed E-state index contributed by atoms with van der Waals surface area (Å²) in [5, 5.41) is 14.3. The molecule has 0 spiro atoms. The lowest BCUT2D eigenvalue weighted by Crippen LogP contribution is -2.03. The van der Waals surface area contributed by atoms with E-state index < -0.39 is 6.10 Å². The van der Waals surface area contributed by atoms with Crippen LogP contribution >= 0.6 is 38.8 Å². The van der Waals surface area contributed by atoms with Crippen LogP contribution in [0.3, 0.4) is 0 Å². The summed E-state index contributed by atoms with van der Waals surface area (Å²) in [5.74, 6) is 0.300. The van der Waals surface area contributed by atoms with Crippen LogP contribution in [0.1, 0.15) is 41.3 Å². The Morgan fingerprint density at radius 3 is 2.76 bits per heavy atom. The number of aliphatic hydroxyl groups excluding tert-OH is 1. The highest BCUT2D eigenvalue weighted by molar-refractivity contribution is 9.11. The van der Waals surface area contributed by atoms with Gasteiger partial charge in [-0.1, -0.05) is 18.3 Å². The standard InChI is InChI=1S/C11H13BrN2OS2/c1-6(2)10-11(17-14-13-10)8(15)5-7-3-4-9(12)16-7/h3-4,6,8,15H,5H2,1-2H3. The average Bonchev–Trinajstić information content (AvgIpc) is 2.86. The van der Waals surface area contributed by atoms with Gasteiger partial charge >= 0.3 is 0 Å². The van der Waals surface area contributed by atoms with Crippen LogP contribution in [0.15, 0.2) is 15.9 Å². The molecule has 92 valence electrons. The number of rotatable bonds is 4. The van der Waals surface area contributed by atoms with Gasteiger partial charge in [-0.3, -0.25) is 0 Å². The normalized spacial score (nSPS) is 13.2. The molecule has 0 fully saturated rings. The molecule has 2 rings (SSSR count). The van der Waals surface area contributed by atoms with Crippen LogP contribution in [-0.2, 0) is 6.42 Å². The zero-order valence-corrected chi connectivity index (χ0v) is 12.8. The van der Waals surface area contributed by atoms with E-state index in [1.54, 1.807) is 11.3 Å². The van der Waals surface area contributed by atoms with Crippen LogP contribution in [0.25, 0.3) is 0 Å². The van der Waals surface area contributed by atoms with E-state index in [-0.39, 0.29) is 0 Å². The van der Waals surface area contributed by atoms with Gasteiger partial charge in [-0.2, -0.15) is 0 Å². The second kappa shape index (κ2) is 5.56. The Kier molecular flexibility index (Phi) is 4.30. The zero-order valence-electron chi connectivity index (χ0n) is 9.55. The highest BCUT2D eigenvalue weighted by atomic mass is 79.9. The second-order valence-corrected chi connectivity index (χ2v) is 7.44. The predicted octanol–water partition coefficient (Wildman–Crippen LogP) is 3.76. The van der Waals surface area contributed by atoms with E-state index >= 15 is 0 Å². The van der Waals surface area contributed by atoms with E-state index in [2.05, 4.69) is 39.4 Å². The SMILES string of the molecule is CC(C)c1nnsc1C(O)Cc1ccc(Br)s1. The van der Waals surface area contributed by atoms with E-state index in [1.807, 2.05) is 12.1 Å². The maximum absolute atomic E-state index is 10.2. The Bertz CT molecular complexity index is 495. The van der Waals surface area contributed by atoms with Crippen LogP contribution in [0.2, 0.25) is 0 Å².